The van der Waals surface area contributed by atoms with Crippen LogP contribution < -0.4 is 10.9 Å². The summed E-state index contributed by atoms with van der Waals surface area (Å²) in [5.74, 6) is 6.60. The summed E-state index contributed by atoms with van der Waals surface area (Å²) in [5.41, 5.74) is 4.34. The molecule has 0 radical (unpaired) electrons. The SMILES string of the molecule is NN(c1ccc(-c2ccccc2)cc1)c1cc2ccccc2c2ccccc12. The van der Waals surface area contributed by atoms with Gasteiger partial charge in [0.25, 0.3) is 0 Å². The number of hydrogen-bond acceptors (Lipinski definition) is 2. The predicted molar refractivity (Wildman–Crippen MR) is 120 cm³/mol. The van der Waals surface area contributed by atoms with E-state index in [2.05, 4.69) is 103 Å². The summed E-state index contributed by atoms with van der Waals surface area (Å²) >= 11 is 0. The van der Waals surface area contributed by atoms with Crippen LogP contribution in [0.2, 0.25) is 0 Å². The molecule has 2 N–H and O–H groups in total. The quantitative estimate of drug-likeness (QED) is 0.221. The Labute approximate surface area is 164 Å². The average molecular weight is 360 g/mol. The van der Waals surface area contributed by atoms with Gasteiger partial charge in [0.1, 0.15) is 0 Å². The molecule has 5 rings (SSSR count). The van der Waals surface area contributed by atoms with Crippen LogP contribution in [0.15, 0.2) is 109 Å². The molecule has 0 saturated carbocycles. The van der Waals surface area contributed by atoms with Gasteiger partial charge in [-0.3, -0.25) is 5.01 Å². The fourth-order valence-corrected chi connectivity index (χ4v) is 3.82. The summed E-state index contributed by atoms with van der Waals surface area (Å²) in [6.07, 6.45) is 0. The van der Waals surface area contributed by atoms with Crippen molar-refractivity contribution in [3.05, 3.63) is 109 Å². The van der Waals surface area contributed by atoms with E-state index in [1.165, 1.54) is 27.3 Å². The third-order valence-corrected chi connectivity index (χ3v) is 5.26. The molecule has 0 fully saturated rings. The summed E-state index contributed by atoms with van der Waals surface area (Å²) in [4.78, 5) is 0. The van der Waals surface area contributed by atoms with Crippen LogP contribution in [0.25, 0.3) is 32.7 Å². The third kappa shape index (κ3) is 2.81. The van der Waals surface area contributed by atoms with Crippen molar-refractivity contribution in [1.29, 1.82) is 0 Å². The fraction of sp³-hybridized carbons (Fsp3) is 0. The highest BCUT2D eigenvalue weighted by Gasteiger charge is 2.12. The van der Waals surface area contributed by atoms with E-state index in [0.717, 1.165) is 16.8 Å². The van der Waals surface area contributed by atoms with Crippen LogP contribution >= 0.6 is 0 Å². The van der Waals surface area contributed by atoms with Gasteiger partial charge < -0.3 is 0 Å². The first kappa shape index (κ1) is 16.5. The molecular weight excluding hydrogens is 340 g/mol. The highest BCUT2D eigenvalue weighted by atomic mass is 15.4. The van der Waals surface area contributed by atoms with E-state index in [1.807, 2.05) is 6.07 Å². The molecule has 28 heavy (non-hydrogen) atoms. The molecule has 2 heteroatoms. The van der Waals surface area contributed by atoms with Crippen LogP contribution in [0.1, 0.15) is 0 Å². The number of hydrazine groups is 1. The first-order valence-electron chi connectivity index (χ1n) is 9.42. The molecule has 5 aromatic rings. The maximum absolute atomic E-state index is 6.60. The average Bonchev–Trinajstić information content (AvgIpc) is 2.79. The van der Waals surface area contributed by atoms with Crippen LogP contribution in [0, 0.1) is 0 Å². The summed E-state index contributed by atoms with van der Waals surface area (Å²) in [5, 5.41) is 6.58. The Bertz CT molecular complexity index is 1260. The van der Waals surface area contributed by atoms with E-state index in [0.29, 0.717) is 0 Å². The summed E-state index contributed by atoms with van der Waals surface area (Å²) in [7, 11) is 0. The number of nitrogens with two attached hydrogens (primary N) is 1. The number of hydrogen-bond donors (Lipinski definition) is 1. The Hall–Kier alpha value is -3.62. The molecule has 134 valence electrons. The van der Waals surface area contributed by atoms with Crippen molar-refractivity contribution in [2.45, 2.75) is 0 Å². The van der Waals surface area contributed by atoms with Gasteiger partial charge in [0.05, 0.1) is 11.4 Å². The molecule has 0 amide bonds. The molecule has 0 heterocycles. The minimum atomic E-state index is 0.958. The smallest absolute Gasteiger partial charge is 0.0660 e. The lowest BCUT2D eigenvalue weighted by molar-refractivity contribution is 1.10. The van der Waals surface area contributed by atoms with Crippen LogP contribution in [-0.2, 0) is 0 Å². The number of fused-ring (bicyclic) bond motifs is 3. The van der Waals surface area contributed by atoms with E-state index in [4.69, 9.17) is 5.84 Å². The van der Waals surface area contributed by atoms with Gasteiger partial charge in [0.2, 0.25) is 0 Å². The van der Waals surface area contributed by atoms with Gasteiger partial charge in [0, 0.05) is 5.39 Å². The lowest BCUT2D eigenvalue weighted by Crippen LogP contribution is -2.25. The van der Waals surface area contributed by atoms with Gasteiger partial charge in [-0.15, -0.1) is 0 Å². The molecular formula is C26H20N2. The van der Waals surface area contributed by atoms with Crippen molar-refractivity contribution in [2.75, 3.05) is 5.01 Å². The van der Waals surface area contributed by atoms with Crippen molar-refractivity contribution in [2.24, 2.45) is 5.84 Å². The van der Waals surface area contributed by atoms with Crippen molar-refractivity contribution in [3.63, 3.8) is 0 Å². The molecule has 0 aliphatic carbocycles. The highest BCUT2D eigenvalue weighted by Crippen LogP contribution is 2.36. The van der Waals surface area contributed by atoms with Gasteiger partial charge in [-0.05, 0) is 45.5 Å². The Morgan fingerprint density at radius 1 is 0.500 bits per heavy atom. The second-order valence-electron chi connectivity index (χ2n) is 6.95. The highest BCUT2D eigenvalue weighted by molar-refractivity contribution is 6.13. The second-order valence-corrected chi connectivity index (χ2v) is 6.95. The van der Waals surface area contributed by atoms with Crippen LogP contribution in [0.4, 0.5) is 11.4 Å². The Balaban J connectivity index is 1.61. The van der Waals surface area contributed by atoms with E-state index >= 15 is 0 Å². The maximum atomic E-state index is 6.60. The number of nitrogens with zero attached hydrogens (tertiary/aromatic N) is 1. The zero-order chi connectivity index (χ0) is 18.9. The molecule has 0 saturated heterocycles. The monoisotopic (exact) mass is 360 g/mol. The van der Waals surface area contributed by atoms with Crippen molar-refractivity contribution in [3.8, 4) is 11.1 Å². The second kappa shape index (κ2) is 6.84. The Morgan fingerprint density at radius 2 is 1.07 bits per heavy atom. The molecule has 5 aromatic carbocycles. The summed E-state index contributed by atoms with van der Waals surface area (Å²) in [6, 6.07) is 37.8. The lowest BCUT2D eigenvalue weighted by Gasteiger charge is -2.22. The van der Waals surface area contributed by atoms with Crippen molar-refractivity contribution >= 4 is 32.9 Å². The van der Waals surface area contributed by atoms with E-state index in [9.17, 15) is 0 Å². The van der Waals surface area contributed by atoms with Crippen LogP contribution in [0.3, 0.4) is 0 Å². The van der Waals surface area contributed by atoms with Gasteiger partial charge in [0.15, 0.2) is 0 Å². The third-order valence-electron chi connectivity index (χ3n) is 5.26. The minimum absolute atomic E-state index is 0.958. The zero-order valence-corrected chi connectivity index (χ0v) is 15.4. The summed E-state index contributed by atoms with van der Waals surface area (Å²) in [6.45, 7) is 0. The molecule has 2 nitrogen and oxygen atoms in total. The lowest BCUT2D eigenvalue weighted by atomic mass is 10.00. The van der Waals surface area contributed by atoms with Crippen LogP contribution in [0.5, 0.6) is 0 Å². The van der Waals surface area contributed by atoms with Gasteiger partial charge >= 0.3 is 0 Å². The van der Waals surface area contributed by atoms with Crippen molar-refractivity contribution < 1.29 is 0 Å². The number of benzene rings is 5. The minimum Gasteiger partial charge on any atom is -0.279 e. The van der Waals surface area contributed by atoms with E-state index in [-0.39, 0.29) is 0 Å². The van der Waals surface area contributed by atoms with E-state index < -0.39 is 0 Å². The van der Waals surface area contributed by atoms with Crippen molar-refractivity contribution in [1.82, 2.24) is 0 Å². The maximum Gasteiger partial charge on any atom is 0.0660 e. The molecule has 0 atom stereocenters. The van der Waals surface area contributed by atoms with Gasteiger partial charge in [-0.2, -0.15) is 0 Å². The van der Waals surface area contributed by atoms with Crippen LogP contribution in [-0.4, -0.2) is 0 Å². The largest absolute Gasteiger partial charge is 0.279 e. The van der Waals surface area contributed by atoms with Gasteiger partial charge in [-0.1, -0.05) is 91.0 Å². The van der Waals surface area contributed by atoms with Gasteiger partial charge in [-0.25, -0.2) is 5.84 Å². The first-order chi connectivity index (χ1) is 13.8. The molecule has 0 aliphatic heterocycles. The molecule has 0 aliphatic rings. The standard InChI is InChI=1S/C26H20N2/c27-28(22-16-14-20(15-17-22)19-8-2-1-3-9-19)26-18-21-10-4-5-11-23(21)24-12-6-7-13-25(24)26/h1-18H,27H2. The zero-order valence-electron chi connectivity index (χ0n) is 15.4. The molecule has 0 bridgehead atoms. The topological polar surface area (TPSA) is 29.3 Å². The number of anilines is 2. The normalized spacial score (nSPS) is 11.0. The molecule has 0 unspecified atom stereocenters. The first-order valence-corrected chi connectivity index (χ1v) is 9.42. The predicted octanol–water partition coefficient (Wildman–Crippen LogP) is 6.67. The Kier molecular flexibility index (Phi) is 4.04. The molecule has 0 aromatic heterocycles. The summed E-state index contributed by atoms with van der Waals surface area (Å²) < 4.78 is 0. The number of rotatable bonds is 3. The Morgan fingerprint density at radius 3 is 1.82 bits per heavy atom. The fourth-order valence-electron chi connectivity index (χ4n) is 3.82. The molecule has 0 spiro atoms. The van der Waals surface area contributed by atoms with E-state index in [1.54, 1.807) is 5.01 Å².